The second-order valence-electron chi connectivity index (χ2n) is 7.67. The van der Waals surface area contributed by atoms with Gasteiger partial charge in [0.15, 0.2) is 0 Å². The van der Waals surface area contributed by atoms with Crippen molar-refractivity contribution in [2.24, 2.45) is 0 Å². The number of rotatable bonds is 10. The topological polar surface area (TPSA) is 133 Å². The number of carbonyl (C=O) groups is 1. The van der Waals surface area contributed by atoms with Crippen LogP contribution in [0.4, 0.5) is 4.79 Å². The van der Waals surface area contributed by atoms with Crippen molar-refractivity contribution in [2.75, 3.05) is 34.0 Å². The predicted octanol–water partition coefficient (Wildman–Crippen LogP) is 1.27. The number of aliphatic hydroxyl groups excluding tert-OH is 3. The zero-order chi connectivity index (χ0) is 24.5. The number of carbonyl (C=O) groups excluding carboxylic acids is 1. The zero-order valence-corrected chi connectivity index (χ0v) is 19.0. The minimum Gasteiger partial charge on any atom is -0.497 e. The molecular formula is C24H30O10. The van der Waals surface area contributed by atoms with E-state index < -0.39 is 43.5 Å². The van der Waals surface area contributed by atoms with Crippen molar-refractivity contribution < 1.29 is 48.5 Å². The average Bonchev–Trinajstić information content (AvgIpc) is 2.85. The molecule has 1 aliphatic rings. The number of hydrogen-bond donors (Lipinski definition) is 3. The van der Waals surface area contributed by atoms with Gasteiger partial charge in [-0.05, 0) is 29.3 Å². The number of benzene rings is 2. The number of para-hydroxylation sites is 1. The normalized spacial score (nSPS) is 24.3. The Kier molecular flexibility index (Phi) is 9.49. The standard InChI is InChI=1S/C24H30O10/c1-29-11-12-31-24(28)32-14-19-20(25)21(26)22(27)23(34-19)33-18-6-4-3-5-16(18)13-15-7-9-17(30-2)10-8-15/h3-10,19-23,25-27H,11-14H2,1-2H3/t19-,20-,21+,22-,23-/m1/s1. The summed E-state index contributed by atoms with van der Waals surface area (Å²) in [5, 5.41) is 31.0. The van der Waals surface area contributed by atoms with E-state index in [4.69, 9.17) is 28.4 Å². The Morgan fingerprint density at radius 2 is 1.65 bits per heavy atom. The van der Waals surface area contributed by atoms with Crippen LogP contribution < -0.4 is 9.47 Å². The fraction of sp³-hybridized carbons (Fsp3) is 0.458. The summed E-state index contributed by atoms with van der Waals surface area (Å²) in [4.78, 5) is 11.7. The zero-order valence-electron chi connectivity index (χ0n) is 19.0. The molecule has 0 unspecified atom stereocenters. The van der Waals surface area contributed by atoms with E-state index in [-0.39, 0.29) is 13.2 Å². The lowest BCUT2D eigenvalue weighted by atomic mass is 9.99. The van der Waals surface area contributed by atoms with Gasteiger partial charge in [-0.3, -0.25) is 0 Å². The molecule has 186 valence electrons. The van der Waals surface area contributed by atoms with Crippen LogP contribution in [0.5, 0.6) is 11.5 Å². The molecule has 34 heavy (non-hydrogen) atoms. The lowest BCUT2D eigenvalue weighted by molar-refractivity contribution is -0.278. The quantitative estimate of drug-likeness (QED) is 0.339. The molecule has 0 radical (unpaired) electrons. The van der Waals surface area contributed by atoms with Gasteiger partial charge in [0, 0.05) is 13.5 Å². The third kappa shape index (κ3) is 6.81. The highest BCUT2D eigenvalue weighted by molar-refractivity contribution is 5.59. The van der Waals surface area contributed by atoms with Gasteiger partial charge >= 0.3 is 6.16 Å². The van der Waals surface area contributed by atoms with Crippen LogP contribution in [-0.4, -0.2) is 86.2 Å². The minimum absolute atomic E-state index is 0.00145. The van der Waals surface area contributed by atoms with Crippen molar-refractivity contribution in [1.82, 2.24) is 0 Å². The molecule has 0 saturated carbocycles. The molecule has 1 aliphatic heterocycles. The van der Waals surface area contributed by atoms with Crippen LogP contribution in [0.1, 0.15) is 11.1 Å². The fourth-order valence-corrected chi connectivity index (χ4v) is 3.41. The molecule has 0 bridgehead atoms. The van der Waals surface area contributed by atoms with Crippen LogP contribution >= 0.6 is 0 Å². The SMILES string of the molecule is COCCOC(=O)OC[C@H]1O[C@@H](Oc2ccccc2Cc2ccc(OC)cc2)[C@H](O)[C@@H](O)[C@@H]1O. The molecule has 3 rings (SSSR count). The van der Waals surface area contributed by atoms with Gasteiger partial charge in [0.2, 0.25) is 6.29 Å². The molecule has 2 aromatic carbocycles. The first-order valence-corrected chi connectivity index (χ1v) is 10.8. The van der Waals surface area contributed by atoms with E-state index in [1.807, 2.05) is 36.4 Å². The molecule has 0 amide bonds. The number of hydrogen-bond acceptors (Lipinski definition) is 10. The predicted molar refractivity (Wildman–Crippen MR) is 119 cm³/mol. The van der Waals surface area contributed by atoms with Crippen LogP contribution in [0.3, 0.4) is 0 Å². The monoisotopic (exact) mass is 478 g/mol. The van der Waals surface area contributed by atoms with Crippen molar-refractivity contribution >= 4 is 6.16 Å². The molecule has 5 atom stereocenters. The maximum atomic E-state index is 11.7. The summed E-state index contributed by atoms with van der Waals surface area (Å²) < 4.78 is 31.2. The molecular weight excluding hydrogens is 448 g/mol. The molecule has 1 fully saturated rings. The highest BCUT2D eigenvalue weighted by Crippen LogP contribution is 2.28. The lowest BCUT2D eigenvalue weighted by Gasteiger charge is -2.40. The third-order valence-electron chi connectivity index (χ3n) is 5.31. The van der Waals surface area contributed by atoms with Gasteiger partial charge in [0.25, 0.3) is 0 Å². The van der Waals surface area contributed by atoms with Crippen molar-refractivity contribution in [3.8, 4) is 11.5 Å². The summed E-state index contributed by atoms with van der Waals surface area (Å²) in [5.41, 5.74) is 1.83. The Bertz CT molecular complexity index is 903. The first-order chi connectivity index (χ1) is 16.4. The van der Waals surface area contributed by atoms with Crippen molar-refractivity contribution in [3.63, 3.8) is 0 Å². The molecule has 2 aromatic rings. The fourth-order valence-electron chi connectivity index (χ4n) is 3.41. The minimum atomic E-state index is -1.58. The second-order valence-corrected chi connectivity index (χ2v) is 7.67. The highest BCUT2D eigenvalue weighted by Gasteiger charge is 2.45. The van der Waals surface area contributed by atoms with Crippen LogP contribution in [0.25, 0.3) is 0 Å². The van der Waals surface area contributed by atoms with Gasteiger partial charge in [-0.15, -0.1) is 0 Å². The van der Waals surface area contributed by atoms with Crippen molar-refractivity contribution in [1.29, 1.82) is 0 Å². The first-order valence-electron chi connectivity index (χ1n) is 10.8. The van der Waals surface area contributed by atoms with Gasteiger partial charge in [0.05, 0.1) is 13.7 Å². The van der Waals surface area contributed by atoms with Gasteiger partial charge in [0.1, 0.15) is 49.1 Å². The summed E-state index contributed by atoms with van der Waals surface area (Å²) in [7, 11) is 3.06. The van der Waals surface area contributed by atoms with Gasteiger partial charge in [-0.1, -0.05) is 30.3 Å². The highest BCUT2D eigenvalue weighted by atomic mass is 16.7. The smallest absolute Gasteiger partial charge is 0.497 e. The van der Waals surface area contributed by atoms with E-state index in [0.717, 1.165) is 16.9 Å². The van der Waals surface area contributed by atoms with Crippen LogP contribution in [0, 0.1) is 0 Å². The first kappa shape index (κ1) is 25.7. The largest absolute Gasteiger partial charge is 0.508 e. The lowest BCUT2D eigenvalue weighted by Crippen LogP contribution is -2.60. The number of methoxy groups -OCH3 is 2. The number of ether oxygens (including phenoxy) is 6. The molecule has 1 saturated heterocycles. The average molecular weight is 478 g/mol. The number of aliphatic hydroxyl groups is 3. The van der Waals surface area contributed by atoms with Gasteiger partial charge in [-0.2, -0.15) is 0 Å². The van der Waals surface area contributed by atoms with E-state index in [1.165, 1.54) is 7.11 Å². The second kappa shape index (κ2) is 12.5. The molecule has 0 aliphatic carbocycles. The van der Waals surface area contributed by atoms with Crippen LogP contribution in [-0.2, 0) is 25.4 Å². The molecule has 10 heteroatoms. The Balaban J connectivity index is 1.66. The summed E-state index contributed by atoms with van der Waals surface area (Å²) in [5.74, 6) is 1.18. The maximum absolute atomic E-state index is 11.7. The molecule has 10 nitrogen and oxygen atoms in total. The van der Waals surface area contributed by atoms with Crippen LogP contribution in [0.15, 0.2) is 48.5 Å². The summed E-state index contributed by atoms with van der Waals surface area (Å²) in [6, 6.07) is 14.8. The van der Waals surface area contributed by atoms with Gasteiger partial charge in [-0.25, -0.2) is 4.79 Å². The van der Waals surface area contributed by atoms with E-state index in [2.05, 4.69) is 0 Å². The summed E-state index contributed by atoms with van der Waals surface area (Å²) in [6.07, 6.45) is -7.51. The van der Waals surface area contributed by atoms with Crippen molar-refractivity contribution in [2.45, 2.75) is 37.1 Å². The molecule has 1 heterocycles. The van der Waals surface area contributed by atoms with E-state index >= 15 is 0 Å². The maximum Gasteiger partial charge on any atom is 0.508 e. The molecule has 0 aromatic heterocycles. The Labute approximate surface area is 197 Å². The Morgan fingerprint density at radius 1 is 0.912 bits per heavy atom. The molecule has 3 N–H and O–H groups in total. The van der Waals surface area contributed by atoms with Gasteiger partial charge < -0.3 is 43.7 Å². The summed E-state index contributed by atoms with van der Waals surface area (Å²) >= 11 is 0. The Hall–Kier alpha value is -2.89. The van der Waals surface area contributed by atoms with E-state index in [0.29, 0.717) is 12.2 Å². The Morgan fingerprint density at radius 3 is 2.35 bits per heavy atom. The van der Waals surface area contributed by atoms with Crippen molar-refractivity contribution in [3.05, 3.63) is 59.7 Å². The molecule has 0 spiro atoms. The van der Waals surface area contributed by atoms with Crippen LogP contribution in [0.2, 0.25) is 0 Å². The van der Waals surface area contributed by atoms with E-state index in [1.54, 1.807) is 19.2 Å². The third-order valence-corrected chi connectivity index (χ3v) is 5.31. The van der Waals surface area contributed by atoms with E-state index in [9.17, 15) is 20.1 Å². The summed E-state index contributed by atoms with van der Waals surface area (Å²) in [6.45, 7) is -0.208.